The lowest BCUT2D eigenvalue weighted by molar-refractivity contribution is -0.116. The number of carbonyl (C=O) groups excluding carboxylic acids is 2. The van der Waals surface area contributed by atoms with Crippen LogP contribution in [0.3, 0.4) is 0 Å². The lowest BCUT2D eigenvalue weighted by Gasteiger charge is -2.02. The summed E-state index contributed by atoms with van der Waals surface area (Å²) in [6.07, 6.45) is 3.16. The van der Waals surface area contributed by atoms with Crippen LogP contribution in [0.25, 0.3) is 0 Å². The Kier molecular flexibility index (Phi) is 2.45. The lowest BCUT2D eigenvalue weighted by Crippen LogP contribution is -2.12. The third-order valence-electron chi connectivity index (χ3n) is 2.34. The molecule has 1 aromatic heterocycles. The molecule has 5 nitrogen and oxygen atoms in total. The fourth-order valence-corrected chi connectivity index (χ4v) is 1.59. The molecule has 1 aliphatic rings. The Balaban J connectivity index is 2.39. The predicted molar refractivity (Wildman–Crippen MR) is 51.6 cm³/mol. The number of carbonyl (C=O) groups is 2. The fourth-order valence-electron chi connectivity index (χ4n) is 1.59. The monoisotopic (exact) mass is 209 g/mol. The van der Waals surface area contributed by atoms with Crippen LogP contribution in [0.2, 0.25) is 0 Å². The van der Waals surface area contributed by atoms with Gasteiger partial charge in [0, 0.05) is 12.8 Å². The summed E-state index contributed by atoms with van der Waals surface area (Å²) in [5, 5.41) is 2.65. The molecule has 1 aromatic rings. The molecule has 0 unspecified atom stereocenters. The molecule has 2 rings (SSSR count). The number of ether oxygens (including phenoxy) is 1. The Hall–Kier alpha value is -1.78. The summed E-state index contributed by atoms with van der Waals surface area (Å²) in [6.45, 7) is 0. The molecule has 0 saturated heterocycles. The summed E-state index contributed by atoms with van der Waals surface area (Å²) in [7, 11) is 1.29. The van der Waals surface area contributed by atoms with Crippen molar-refractivity contribution in [2.75, 3.05) is 12.4 Å². The first kappa shape index (κ1) is 9.76. The van der Waals surface area contributed by atoms with Crippen LogP contribution in [0.1, 0.15) is 29.0 Å². The standard InChI is InChI=1S/C10H11NO4/c1-14-10(13)6-5-15-7-3-2-4-8(12)11-9(6)7/h5H,2-4H2,1H3,(H,11,12). The third-order valence-corrected chi connectivity index (χ3v) is 2.34. The lowest BCUT2D eigenvalue weighted by atomic mass is 10.2. The molecule has 0 aliphatic carbocycles. The van der Waals surface area contributed by atoms with Gasteiger partial charge < -0.3 is 14.5 Å². The SMILES string of the molecule is COC(=O)c1coc2c1NC(=O)CCC2. The normalized spacial score (nSPS) is 15.1. The van der Waals surface area contributed by atoms with E-state index in [0.29, 0.717) is 24.3 Å². The van der Waals surface area contributed by atoms with Gasteiger partial charge in [-0.15, -0.1) is 0 Å². The van der Waals surface area contributed by atoms with Crippen molar-refractivity contribution in [2.45, 2.75) is 19.3 Å². The van der Waals surface area contributed by atoms with E-state index >= 15 is 0 Å². The molecule has 0 saturated carbocycles. The van der Waals surface area contributed by atoms with Gasteiger partial charge in [-0.3, -0.25) is 4.79 Å². The zero-order valence-electron chi connectivity index (χ0n) is 8.33. The maximum Gasteiger partial charge on any atom is 0.343 e. The number of furan rings is 1. The molecule has 5 heteroatoms. The number of amides is 1. The van der Waals surface area contributed by atoms with E-state index in [2.05, 4.69) is 10.1 Å². The first-order chi connectivity index (χ1) is 7.22. The Morgan fingerprint density at radius 2 is 2.33 bits per heavy atom. The van der Waals surface area contributed by atoms with Crippen molar-refractivity contribution in [3.63, 3.8) is 0 Å². The van der Waals surface area contributed by atoms with Crippen LogP contribution in [-0.2, 0) is 16.0 Å². The van der Waals surface area contributed by atoms with E-state index in [0.717, 1.165) is 6.42 Å². The number of rotatable bonds is 1. The molecule has 1 amide bonds. The Bertz CT molecular complexity index is 408. The first-order valence-corrected chi connectivity index (χ1v) is 4.71. The highest BCUT2D eigenvalue weighted by Crippen LogP contribution is 2.28. The van der Waals surface area contributed by atoms with Crippen molar-refractivity contribution in [1.82, 2.24) is 0 Å². The molecule has 80 valence electrons. The van der Waals surface area contributed by atoms with Crippen molar-refractivity contribution in [3.8, 4) is 0 Å². The van der Waals surface area contributed by atoms with Gasteiger partial charge in [0.25, 0.3) is 0 Å². The summed E-state index contributed by atoms with van der Waals surface area (Å²) < 4.78 is 9.81. The maximum absolute atomic E-state index is 11.3. The Morgan fingerprint density at radius 1 is 1.53 bits per heavy atom. The molecule has 0 spiro atoms. The minimum Gasteiger partial charge on any atom is -0.466 e. The van der Waals surface area contributed by atoms with Gasteiger partial charge in [0.1, 0.15) is 17.6 Å². The summed E-state index contributed by atoms with van der Waals surface area (Å²) in [5.74, 6) is 0.0451. The predicted octanol–water partition coefficient (Wildman–Crippen LogP) is 1.34. The van der Waals surface area contributed by atoms with Gasteiger partial charge in [0.2, 0.25) is 5.91 Å². The number of nitrogens with one attached hydrogen (secondary N) is 1. The van der Waals surface area contributed by atoms with Gasteiger partial charge in [0.05, 0.1) is 12.8 Å². The molecule has 0 atom stereocenters. The van der Waals surface area contributed by atoms with Gasteiger partial charge >= 0.3 is 5.97 Å². The van der Waals surface area contributed by atoms with Crippen LogP contribution in [0.5, 0.6) is 0 Å². The Labute approximate surface area is 86.4 Å². The zero-order chi connectivity index (χ0) is 10.8. The zero-order valence-corrected chi connectivity index (χ0v) is 8.33. The Morgan fingerprint density at radius 3 is 3.07 bits per heavy atom. The smallest absolute Gasteiger partial charge is 0.343 e. The molecular formula is C10H11NO4. The average Bonchev–Trinajstić information content (AvgIpc) is 2.52. The van der Waals surface area contributed by atoms with E-state index in [1.807, 2.05) is 0 Å². The molecule has 0 fully saturated rings. The van der Waals surface area contributed by atoms with Crippen molar-refractivity contribution in [1.29, 1.82) is 0 Å². The van der Waals surface area contributed by atoms with Crippen molar-refractivity contribution < 1.29 is 18.7 Å². The molecule has 0 bridgehead atoms. The molecule has 0 radical (unpaired) electrons. The van der Waals surface area contributed by atoms with Gasteiger partial charge in [-0.1, -0.05) is 0 Å². The highest BCUT2D eigenvalue weighted by atomic mass is 16.5. The van der Waals surface area contributed by atoms with Gasteiger partial charge in [-0.25, -0.2) is 4.79 Å². The summed E-state index contributed by atoms with van der Waals surface area (Å²) >= 11 is 0. The van der Waals surface area contributed by atoms with Crippen LogP contribution in [-0.4, -0.2) is 19.0 Å². The summed E-state index contributed by atoms with van der Waals surface area (Å²) in [6, 6.07) is 0. The van der Waals surface area contributed by atoms with E-state index in [9.17, 15) is 9.59 Å². The van der Waals surface area contributed by atoms with Crippen LogP contribution in [0.15, 0.2) is 10.7 Å². The van der Waals surface area contributed by atoms with Gasteiger partial charge in [-0.05, 0) is 6.42 Å². The number of fused-ring (bicyclic) bond motifs is 1. The molecule has 2 heterocycles. The number of methoxy groups -OCH3 is 1. The molecule has 15 heavy (non-hydrogen) atoms. The quantitative estimate of drug-likeness (QED) is 0.708. The average molecular weight is 209 g/mol. The topological polar surface area (TPSA) is 68.5 Å². The third kappa shape index (κ3) is 1.72. The highest BCUT2D eigenvalue weighted by Gasteiger charge is 2.23. The van der Waals surface area contributed by atoms with Crippen molar-refractivity contribution in [3.05, 3.63) is 17.6 Å². The van der Waals surface area contributed by atoms with E-state index in [1.165, 1.54) is 13.4 Å². The summed E-state index contributed by atoms with van der Waals surface area (Å²) in [5.41, 5.74) is 0.743. The van der Waals surface area contributed by atoms with E-state index in [1.54, 1.807) is 0 Å². The van der Waals surface area contributed by atoms with Gasteiger partial charge in [0.15, 0.2) is 0 Å². The van der Waals surface area contributed by atoms with Crippen molar-refractivity contribution in [2.24, 2.45) is 0 Å². The number of aryl methyl sites for hydroxylation is 1. The van der Waals surface area contributed by atoms with Gasteiger partial charge in [-0.2, -0.15) is 0 Å². The van der Waals surface area contributed by atoms with Crippen molar-refractivity contribution >= 4 is 17.6 Å². The largest absolute Gasteiger partial charge is 0.466 e. The van der Waals surface area contributed by atoms with E-state index < -0.39 is 5.97 Å². The minimum absolute atomic E-state index is 0.0969. The second-order valence-electron chi connectivity index (χ2n) is 3.34. The highest BCUT2D eigenvalue weighted by molar-refractivity contribution is 6.02. The number of anilines is 1. The molecular weight excluding hydrogens is 198 g/mol. The second-order valence-corrected chi connectivity index (χ2v) is 3.34. The molecule has 0 aromatic carbocycles. The van der Waals surface area contributed by atoms with Crippen LogP contribution < -0.4 is 5.32 Å². The number of esters is 1. The number of hydrogen-bond acceptors (Lipinski definition) is 4. The van der Waals surface area contributed by atoms with Crippen LogP contribution >= 0.6 is 0 Å². The second kappa shape index (κ2) is 3.76. The molecule has 1 aliphatic heterocycles. The first-order valence-electron chi connectivity index (χ1n) is 4.71. The molecule has 1 N–H and O–H groups in total. The summed E-state index contributed by atoms with van der Waals surface area (Å²) in [4.78, 5) is 22.6. The van der Waals surface area contributed by atoms with Crippen LogP contribution in [0.4, 0.5) is 5.69 Å². The number of hydrogen-bond donors (Lipinski definition) is 1. The maximum atomic E-state index is 11.3. The van der Waals surface area contributed by atoms with E-state index in [4.69, 9.17) is 4.42 Å². The van der Waals surface area contributed by atoms with Crippen LogP contribution in [0, 0.1) is 0 Å². The fraction of sp³-hybridized carbons (Fsp3) is 0.400. The van der Waals surface area contributed by atoms with E-state index in [-0.39, 0.29) is 11.5 Å². The minimum atomic E-state index is -0.498.